The van der Waals surface area contributed by atoms with Gasteiger partial charge in [-0.3, -0.25) is 4.90 Å². The average Bonchev–Trinajstić information content (AvgIpc) is 2.66. The van der Waals surface area contributed by atoms with Crippen LogP contribution in [0.4, 0.5) is 4.79 Å². The van der Waals surface area contributed by atoms with Gasteiger partial charge in [0.05, 0.1) is 19.3 Å². The maximum atomic E-state index is 12.8. The van der Waals surface area contributed by atoms with Crippen LogP contribution in [0, 0.1) is 17.8 Å². The number of amides is 1. The lowest BCUT2D eigenvalue weighted by atomic mass is 9.96. The van der Waals surface area contributed by atoms with E-state index in [4.69, 9.17) is 9.47 Å². The molecule has 0 aromatic rings. The molecule has 6 heteroatoms. The zero-order chi connectivity index (χ0) is 19.4. The lowest BCUT2D eigenvalue weighted by molar-refractivity contribution is -0.133. The quantitative estimate of drug-likeness (QED) is 0.442. The van der Waals surface area contributed by atoms with Gasteiger partial charge in [-0.15, -0.1) is 0 Å². The van der Waals surface area contributed by atoms with Crippen molar-refractivity contribution in [2.75, 3.05) is 7.11 Å². The van der Waals surface area contributed by atoms with E-state index in [-0.39, 0.29) is 12.1 Å². The Morgan fingerprint density at radius 1 is 1.28 bits per heavy atom. The number of hydrogen-bond donors (Lipinski definition) is 0. The molecule has 0 aromatic carbocycles. The van der Waals surface area contributed by atoms with Crippen molar-refractivity contribution in [1.29, 1.82) is 0 Å². The molecule has 0 N–H and O–H groups in total. The molecule has 1 fully saturated rings. The molecule has 1 amide bonds. The Kier molecular flexibility index (Phi) is 6.90. The first-order valence-electron chi connectivity index (χ1n) is 8.64. The molecule has 0 bridgehead atoms. The van der Waals surface area contributed by atoms with Gasteiger partial charge in [-0.05, 0) is 47.0 Å². The molecule has 1 heterocycles. The minimum absolute atomic E-state index is 0.170. The fourth-order valence-electron chi connectivity index (χ4n) is 2.93. The predicted octanol–water partition coefficient (Wildman–Crippen LogP) is 3.34. The molecule has 0 aromatic heterocycles. The molecule has 0 radical (unpaired) electrons. The van der Waals surface area contributed by atoms with Crippen molar-refractivity contribution >= 4 is 12.1 Å². The van der Waals surface area contributed by atoms with Crippen LogP contribution in [0.1, 0.15) is 61.3 Å². The molecule has 0 spiro atoms. The van der Waals surface area contributed by atoms with Crippen molar-refractivity contribution in [3.8, 4) is 11.8 Å². The third-order valence-corrected chi connectivity index (χ3v) is 3.76. The number of hydrogen-bond acceptors (Lipinski definition) is 5. The van der Waals surface area contributed by atoms with Crippen molar-refractivity contribution in [1.82, 2.24) is 4.90 Å². The molecule has 25 heavy (non-hydrogen) atoms. The Bertz CT molecular complexity index is 550. The molecule has 1 rings (SSSR count). The first-order valence-corrected chi connectivity index (χ1v) is 8.64. The van der Waals surface area contributed by atoms with Gasteiger partial charge >= 0.3 is 12.1 Å². The summed E-state index contributed by atoms with van der Waals surface area (Å²) >= 11 is 0. The first-order chi connectivity index (χ1) is 11.4. The van der Waals surface area contributed by atoms with Crippen molar-refractivity contribution in [2.24, 2.45) is 5.92 Å². The van der Waals surface area contributed by atoms with Crippen LogP contribution in [0.5, 0.6) is 0 Å². The summed E-state index contributed by atoms with van der Waals surface area (Å²) in [7, 11) is 1.29. The molecule has 2 atom stereocenters. The Morgan fingerprint density at radius 2 is 1.88 bits per heavy atom. The highest BCUT2D eigenvalue weighted by molar-refractivity contribution is 5.88. The maximum Gasteiger partial charge on any atom is 0.412 e. The number of nitrogens with zero attached hydrogens (tertiary/aromatic N) is 1. The highest BCUT2D eigenvalue weighted by atomic mass is 16.6. The zero-order valence-corrected chi connectivity index (χ0v) is 16.6. The number of carbonyl (C=O) groups is 2. The van der Waals surface area contributed by atoms with E-state index in [1.165, 1.54) is 7.11 Å². The van der Waals surface area contributed by atoms with Gasteiger partial charge in [0.25, 0.3) is 0 Å². The van der Waals surface area contributed by atoms with Gasteiger partial charge in [0.2, 0.25) is 0 Å². The second-order valence-corrected chi connectivity index (χ2v) is 8.15. The van der Waals surface area contributed by atoms with Gasteiger partial charge in [-0.25, -0.2) is 9.59 Å². The van der Waals surface area contributed by atoms with Crippen LogP contribution in [0.25, 0.3) is 0 Å². The van der Waals surface area contributed by atoms with Crippen LogP contribution in [-0.2, 0) is 19.0 Å². The zero-order valence-electron chi connectivity index (χ0n) is 16.6. The second-order valence-electron chi connectivity index (χ2n) is 8.15. The average molecular weight is 353 g/mol. The summed E-state index contributed by atoms with van der Waals surface area (Å²) < 4.78 is 16.2. The highest BCUT2D eigenvalue weighted by Gasteiger charge is 2.50. The minimum atomic E-state index is -0.806. The number of rotatable bonds is 3. The van der Waals surface area contributed by atoms with E-state index in [1.54, 1.807) is 4.90 Å². The first kappa shape index (κ1) is 21.3. The Balaban J connectivity index is 3.05. The summed E-state index contributed by atoms with van der Waals surface area (Å²) in [5.74, 6) is 5.00. The largest absolute Gasteiger partial charge is 0.459 e. The number of carbonyl (C=O) groups excluding carboxylic acids is 2. The van der Waals surface area contributed by atoms with E-state index in [9.17, 15) is 9.59 Å². The van der Waals surface area contributed by atoms with Crippen LogP contribution >= 0.6 is 0 Å². The smallest absolute Gasteiger partial charge is 0.412 e. The van der Waals surface area contributed by atoms with Crippen molar-refractivity contribution in [3.63, 3.8) is 0 Å². The molecule has 0 unspecified atom stereocenters. The normalized spacial score (nSPS) is 22.4. The van der Waals surface area contributed by atoms with Gasteiger partial charge in [0.1, 0.15) is 11.3 Å². The third kappa shape index (κ3) is 6.24. The van der Waals surface area contributed by atoms with Crippen LogP contribution in [-0.4, -0.2) is 47.5 Å². The monoisotopic (exact) mass is 353 g/mol. The van der Waals surface area contributed by atoms with E-state index < -0.39 is 23.4 Å². The topological polar surface area (TPSA) is 65.1 Å². The summed E-state index contributed by atoms with van der Waals surface area (Å²) in [6, 6.07) is -0.170. The summed E-state index contributed by atoms with van der Waals surface area (Å²) in [6.07, 6.45) is 0.413. The van der Waals surface area contributed by atoms with Crippen molar-refractivity contribution < 1.29 is 23.8 Å². The van der Waals surface area contributed by atoms with Crippen LogP contribution in [0.3, 0.4) is 0 Å². The van der Waals surface area contributed by atoms with E-state index in [0.717, 1.165) is 6.42 Å². The number of ether oxygens (including phenoxy) is 3. The molecule has 1 aliphatic heterocycles. The van der Waals surface area contributed by atoms with E-state index in [1.807, 2.05) is 34.6 Å². The molecule has 1 aliphatic rings. The SMILES string of the molecule is COC(=O)C#CC[C@@H]1OC(C)(C)N(C(=O)OC(C)(C)C)[C@H]1CC(C)C. The summed E-state index contributed by atoms with van der Waals surface area (Å²) in [5, 5.41) is 0. The predicted molar refractivity (Wildman–Crippen MR) is 94.7 cm³/mol. The van der Waals surface area contributed by atoms with Gasteiger partial charge in [-0.2, -0.15) is 0 Å². The maximum absolute atomic E-state index is 12.8. The summed E-state index contributed by atoms with van der Waals surface area (Å²) in [6.45, 7) is 13.4. The Morgan fingerprint density at radius 3 is 2.36 bits per heavy atom. The molecular weight excluding hydrogens is 322 g/mol. The van der Waals surface area contributed by atoms with Gasteiger partial charge in [-0.1, -0.05) is 19.8 Å². The van der Waals surface area contributed by atoms with Crippen LogP contribution in [0.2, 0.25) is 0 Å². The third-order valence-electron chi connectivity index (χ3n) is 3.76. The van der Waals surface area contributed by atoms with Crippen molar-refractivity contribution in [3.05, 3.63) is 0 Å². The number of esters is 1. The fourth-order valence-corrected chi connectivity index (χ4v) is 2.93. The Hall–Kier alpha value is -1.74. The van der Waals surface area contributed by atoms with Gasteiger partial charge < -0.3 is 14.2 Å². The standard InChI is InChI=1S/C19H31NO5/c1-13(2)12-14-15(10-9-11-16(21)23-8)24-19(6,7)20(14)17(22)25-18(3,4)5/h13-15H,10,12H2,1-8H3/t14-,15-/m0/s1. The molecule has 142 valence electrons. The van der Waals surface area contributed by atoms with Crippen LogP contribution in [0.15, 0.2) is 0 Å². The van der Waals surface area contributed by atoms with Gasteiger partial charge in [0.15, 0.2) is 0 Å². The van der Waals surface area contributed by atoms with E-state index >= 15 is 0 Å². The van der Waals surface area contributed by atoms with Crippen LogP contribution < -0.4 is 0 Å². The highest BCUT2D eigenvalue weighted by Crippen LogP contribution is 2.37. The molecule has 1 saturated heterocycles. The molecule has 0 aliphatic carbocycles. The molecular formula is C19H31NO5. The second kappa shape index (κ2) is 8.09. The van der Waals surface area contributed by atoms with E-state index in [2.05, 4.69) is 30.4 Å². The van der Waals surface area contributed by atoms with E-state index in [0.29, 0.717) is 12.3 Å². The molecule has 0 saturated carbocycles. The molecule has 6 nitrogen and oxygen atoms in total. The fraction of sp³-hybridized carbons (Fsp3) is 0.789. The Labute approximate surface area is 151 Å². The number of methoxy groups -OCH3 is 1. The van der Waals surface area contributed by atoms with Crippen molar-refractivity contribution in [2.45, 2.75) is 84.8 Å². The van der Waals surface area contributed by atoms with Gasteiger partial charge in [0, 0.05) is 12.3 Å². The summed E-state index contributed by atoms with van der Waals surface area (Å²) in [5.41, 5.74) is -1.39. The lowest BCUT2D eigenvalue weighted by Crippen LogP contribution is -2.50. The lowest BCUT2D eigenvalue weighted by Gasteiger charge is -2.35. The summed E-state index contributed by atoms with van der Waals surface area (Å²) in [4.78, 5) is 25.6. The minimum Gasteiger partial charge on any atom is -0.459 e.